The van der Waals surface area contributed by atoms with Gasteiger partial charge in [0.2, 0.25) is 6.41 Å². The second-order valence-corrected chi connectivity index (χ2v) is 7.94. The minimum absolute atomic E-state index is 0.0386. The van der Waals surface area contributed by atoms with Gasteiger partial charge < -0.3 is 24.8 Å². The van der Waals surface area contributed by atoms with Crippen molar-refractivity contribution in [3.8, 4) is 0 Å². The van der Waals surface area contributed by atoms with E-state index in [1.54, 1.807) is 7.11 Å². The maximum absolute atomic E-state index is 11.2. The molecular weight excluding hydrogens is 320 g/mol. The average Bonchev–Trinajstić information content (AvgIpc) is 2.57. The molecule has 25 heavy (non-hydrogen) atoms. The molecule has 0 radical (unpaired) electrons. The number of likely N-dealkylation sites (tertiary alicyclic amines) is 1. The molecule has 3 atom stereocenters. The molecule has 1 aliphatic heterocycles. The second-order valence-electron chi connectivity index (χ2n) is 7.94. The number of hydrogen-bond acceptors (Lipinski definition) is 5. The standard InChI is InChI=1S/C19H32N2O4/c1-13-16-9-17(24-5)18(8-14(16)6-7-21(13)12-22)25-11-15(23)10-20-19(2,3)4/h9,12-15,20,23H,6-8,10-11H2,1-5H3. The maximum Gasteiger partial charge on any atom is 0.210 e. The highest BCUT2D eigenvalue weighted by Crippen LogP contribution is 2.38. The van der Waals surface area contributed by atoms with Crippen LogP contribution in [0.1, 0.15) is 40.5 Å². The number of aliphatic hydroxyl groups excluding tert-OH is 1. The van der Waals surface area contributed by atoms with E-state index < -0.39 is 6.10 Å². The number of piperidine rings is 1. The molecule has 2 aliphatic rings. The lowest BCUT2D eigenvalue weighted by atomic mass is 9.80. The lowest BCUT2D eigenvalue weighted by Gasteiger charge is -2.40. The molecule has 2 rings (SSSR count). The summed E-state index contributed by atoms with van der Waals surface area (Å²) in [7, 11) is 1.62. The fraction of sp³-hybridized carbons (Fsp3) is 0.737. The van der Waals surface area contributed by atoms with E-state index in [4.69, 9.17) is 9.47 Å². The van der Waals surface area contributed by atoms with Crippen molar-refractivity contribution in [2.75, 3.05) is 26.8 Å². The topological polar surface area (TPSA) is 71.0 Å². The molecule has 0 bridgehead atoms. The zero-order valence-electron chi connectivity index (χ0n) is 16.0. The number of ether oxygens (including phenoxy) is 2. The van der Waals surface area contributed by atoms with Gasteiger partial charge in [0.1, 0.15) is 18.5 Å². The third-order valence-electron chi connectivity index (χ3n) is 4.86. The van der Waals surface area contributed by atoms with E-state index in [2.05, 4.69) is 26.1 Å². The molecule has 0 aromatic heterocycles. The highest BCUT2D eigenvalue weighted by molar-refractivity contribution is 5.50. The molecule has 6 nitrogen and oxygen atoms in total. The fourth-order valence-electron chi connectivity index (χ4n) is 3.34. The van der Waals surface area contributed by atoms with Gasteiger partial charge in [0, 0.05) is 25.0 Å². The lowest BCUT2D eigenvalue weighted by Crippen LogP contribution is -2.43. The van der Waals surface area contributed by atoms with Crippen LogP contribution in [0.25, 0.3) is 0 Å². The van der Waals surface area contributed by atoms with Crippen molar-refractivity contribution in [1.29, 1.82) is 0 Å². The number of allylic oxidation sites excluding steroid dienone is 2. The molecule has 142 valence electrons. The second kappa shape index (κ2) is 8.23. The van der Waals surface area contributed by atoms with Gasteiger partial charge in [-0.2, -0.15) is 0 Å². The predicted molar refractivity (Wildman–Crippen MR) is 96.8 cm³/mol. The van der Waals surface area contributed by atoms with Gasteiger partial charge in [0.05, 0.1) is 13.2 Å². The summed E-state index contributed by atoms with van der Waals surface area (Å²) in [5, 5.41) is 13.4. The number of nitrogens with one attached hydrogen (secondary N) is 1. The van der Waals surface area contributed by atoms with Crippen molar-refractivity contribution in [2.45, 2.75) is 58.2 Å². The van der Waals surface area contributed by atoms with Gasteiger partial charge in [-0.25, -0.2) is 0 Å². The summed E-state index contributed by atoms with van der Waals surface area (Å²) in [6.07, 6.45) is 4.02. The van der Waals surface area contributed by atoms with Crippen molar-refractivity contribution in [3.63, 3.8) is 0 Å². The van der Waals surface area contributed by atoms with Gasteiger partial charge in [-0.15, -0.1) is 0 Å². The molecule has 1 fully saturated rings. The van der Waals surface area contributed by atoms with E-state index in [1.165, 1.54) is 5.57 Å². The monoisotopic (exact) mass is 352 g/mol. The predicted octanol–water partition coefficient (Wildman–Crippen LogP) is 1.81. The Bertz CT molecular complexity index is 536. The number of fused-ring (bicyclic) bond motifs is 1. The first kappa shape index (κ1) is 19.8. The smallest absolute Gasteiger partial charge is 0.210 e. The number of aliphatic hydroxyl groups is 1. The highest BCUT2D eigenvalue weighted by Gasteiger charge is 2.34. The van der Waals surface area contributed by atoms with Crippen molar-refractivity contribution < 1.29 is 19.4 Å². The van der Waals surface area contributed by atoms with Gasteiger partial charge in [-0.1, -0.05) is 0 Å². The SMILES string of the molecule is COC1=C(OCC(O)CNC(C)(C)C)CC2CCN(C=O)C(C)C2=C1. The minimum atomic E-state index is -0.578. The van der Waals surface area contributed by atoms with Crippen LogP contribution >= 0.6 is 0 Å². The number of carbonyl (C=O) groups is 1. The largest absolute Gasteiger partial charge is 0.493 e. The first-order valence-electron chi connectivity index (χ1n) is 9.00. The normalized spacial score (nSPS) is 25.2. The number of carbonyl (C=O) groups excluding carboxylic acids is 1. The van der Waals surface area contributed by atoms with Crippen LogP contribution in [0.5, 0.6) is 0 Å². The Kier molecular flexibility index (Phi) is 6.52. The zero-order chi connectivity index (χ0) is 18.6. The van der Waals surface area contributed by atoms with Crippen LogP contribution in [0.4, 0.5) is 0 Å². The van der Waals surface area contributed by atoms with Gasteiger partial charge in [0.15, 0.2) is 5.76 Å². The third kappa shape index (κ3) is 5.22. The molecule has 0 spiro atoms. The fourth-order valence-corrected chi connectivity index (χ4v) is 3.34. The molecule has 0 saturated carbocycles. The molecule has 3 unspecified atom stereocenters. The van der Waals surface area contributed by atoms with Crippen molar-refractivity contribution in [3.05, 3.63) is 23.2 Å². The number of amides is 1. The number of rotatable bonds is 7. The Balaban J connectivity index is 2.01. The van der Waals surface area contributed by atoms with E-state index in [1.807, 2.05) is 17.9 Å². The van der Waals surface area contributed by atoms with E-state index in [9.17, 15) is 9.90 Å². The van der Waals surface area contributed by atoms with Gasteiger partial charge in [-0.3, -0.25) is 4.79 Å². The molecular formula is C19H32N2O4. The molecule has 2 N–H and O–H groups in total. The summed E-state index contributed by atoms with van der Waals surface area (Å²) in [4.78, 5) is 13.0. The number of hydrogen-bond donors (Lipinski definition) is 2. The molecule has 1 heterocycles. The van der Waals surface area contributed by atoms with Crippen molar-refractivity contribution in [1.82, 2.24) is 10.2 Å². The summed E-state index contributed by atoms with van der Waals surface area (Å²) in [6, 6.07) is 0.0875. The van der Waals surface area contributed by atoms with E-state index in [0.717, 1.165) is 31.6 Å². The maximum atomic E-state index is 11.2. The van der Waals surface area contributed by atoms with Crippen LogP contribution in [0, 0.1) is 5.92 Å². The summed E-state index contributed by atoms with van der Waals surface area (Å²) in [6.45, 7) is 9.71. The zero-order valence-corrected chi connectivity index (χ0v) is 16.0. The Morgan fingerprint density at radius 3 is 2.80 bits per heavy atom. The number of methoxy groups -OCH3 is 1. The van der Waals surface area contributed by atoms with Crippen molar-refractivity contribution >= 4 is 6.41 Å². The Hall–Kier alpha value is -1.53. The molecule has 0 aromatic rings. The third-order valence-corrected chi connectivity index (χ3v) is 4.86. The summed E-state index contributed by atoms with van der Waals surface area (Å²) >= 11 is 0. The Labute approximate surface area is 150 Å². The quantitative estimate of drug-likeness (QED) is 0.684. The summed E-state index contributed by atoms with van der Waals surface area (Å²) < 4.78 is 11.4. The number of β-amino-alcohol motifs (C(OH)–C–C–N with tert-alkyl or cyclic N) is 1. The van der Waals surface area contributed by atoms with Gasteiger partial charge in [-0.05, 0) is 51.7 Å². The minimum Gasteiger partial charge on any atom is -0.493 e. The van der Waals surface area contributed by atoms with E-state index in [0.29, 0.717) is 18.2 Å². The van der Waals surface area contributed by atoms with Crippen LogP contribution < -0.4 is 5.32 Å². The summed E-state index contributed by atoms with van der Waals surface area (Å²) in [5.74, 6) is 1.85. The van der Waals surface area contributed by atoms with Crippen LogP contribution in [-0.4, -0.2) is 60.9 Å². The lowest BCUT2D eigenvalue weighted by molar-refractivity contribution is -0.120. The highest BCUT2D eigenvalue weighted by atomic mass is 16.5. The molecule has 1 amide bonds. The van der Waals surface area contributed by atoms with Crippen molar-refractivity contribution in [2.24, 2.45) is 5.92 Å². The van der Waals surface area contributed by atoms with Gasteiger partial charge >= 0.3 is 0 Å². The van der Waals surface area contributed by atoms with E-state index >= 15 is 0 Å². The molecule has 1 saturated heterocycles. The molecule has 0 aromatic carbocycles. The summed E-state index contributed by atoms with van der Waals surface area (Å²) in [5.41, 5.74) is 1.18. The molecule has 6 heteroatoms. The first-order chi connectivity index (χ1) is 11.7. The Morgan fingerprint density at radius 1 is 1.48 bits per heavy atom. The van der Waals surface area contributed by atoms with Crippen LogP contribution in [0.3, 0.4) is 0 Å². The van der Waals surface area contributed by atoms with Crippen LogP contribution in [0.2, 0.25) is 0 Å². The van der Waals surface area contributed by atoms with Gasteiger partial charge in [0.25, 0.3) is 0 Å². The van der Waals surface area contributed by atoms with Crippen LogP contribution in [0.15, 0.2) is 23.2 Å². The molecule has 1 aliphatic carbocycles. The Morgan fingerprint density at radius 2 is 2.20 bits per heavy atom. The number of nitrogens with zero attached hydrogens (tertiary/aromatic N) is 1. The first-order valence-corrected chi connectivity index (χ1v) is 9.00. The van der Waals surface area contributed by atoms with Crippen LogP contribution in [-0.2, 0) is 14.3 Å². The average molecular weight is 352 g/mol. The van der Waals surface area contributed by atoms with E-state index in [-0.39, 0.29) is 18.2 Å².